The highest BCUT2D eigenvalue weighted by Gasteiger charge is 2.02. The molecule has 0 N–H and O–H groups in total. The zero-order valence-electron chi connectivity index (χ0n) is 11.0. The predicted molar refractivity (Wildman–Crippen MR) is 71.5 cm³/mol. The molecule has 1 rings (SSSR count). The molecule has 0 atom stereocenters. The Morgan fingerprint density at radius 2 is 2.06 bits per heavy atom. The monoisotopic (exact) mass is 246 g/mol. The number of ketones is 1. The number of carbonyl (C=O) groups excluding carboxylic acids is 2. The molecule has 0 bridgehead atoms. The average Bonchev–Trinajstić information content (AvgIpc) is 2.31. The minimum atomic E-state index is -0.242. The molecule has 0 aromatic heterocycles. The molecular formula is C15H18O3. The molecule has 0 saturated carbocycles. The van der Waals surface area contributed by atoms with Gasteiger partial charge in [-0.2, -0.15) is 0 Å². The second-order valence-corrected chi connectivity index (χ2v) is 4.04. The van der Waals surface area contributed by atoms with E-state index in [1.165, 1.54) is 6.92 Å². The van der Waals surface area contributed by atoms with Gasteiger partial charge < -0.3 is 4.74 Å². The van der Waals surface area contributed by atoms with Crippen molar-refractivity contribution in [1.29, 1.82) is 0 Å². The number of esters is 1. The van der Waals surface area contributed by atoms with E-state index < -0.39 is 0 Å². The summed E-state index contributed by atoms with van der Waals surface area (Å²) in [7, 11) is 0. The van der Waals surface area contributed by atoms with Crippen LogP contribution in [0.15, 0.2) is 24.3 Å². The van der Waals surface area contributed by atoms with E-state index in [1.807, 2.05) is 25.1 Å². The first kappa shape index (κ1) is 14.2. The smallest absolute Gasteiger partial charge is 0.309 e. The third-order valence-corrected chi connectivity index (χ3v) is 2.57. The third kappa shape index (κ3) is 4.17. The Morgan fingerprint density at radius 1 is 1.33 bits per heavy atom. The summed E-state index contributed by atoms with van der Waals surface area (Å²) < 4.78 is 4.83. The van der Waals surface area contributed by atoms with Gasteiger partial charge in [0.15, 0.2) is 5.78 Å². The molecule has 3 nitrogen and oxygen atoms in total. The largest absolute Gasteiger partial charge is 0.466 e. The van der Waals surface area contributed by atoms with Crippen molar-refractivity contribution in [2.24, 2.45) is 0 Å². The third-order valence-electron chi connectivity index (χ3n) is 2.57. The molecule has 0 saturated heterocycles. The number of ether oxygens (including phenoxy) is 1. The summed E-state index contributed by atoms with van der Waals surface area (Å²) in [6, 6.07) is 5.54. The molecule has 3 heteroatoms. The molecule has 0 spiro atoms. The van der Waals surface area contributed by atoms with E-state index in [2.05, 4.69) is 0 Å². The lowest BCUT2D eigenvalue weighted by Gasteiger charge is -2.03. The van der Waals surface area contributed by atoms with Gasteiger partial charge in [-0.15, -0.1) is 0 Å². The second-order valence-electron chi connectivity index (χ2n) is 4.04. The van der Waals surface area contributed by atoms with Gasteiger partial charge in [-0.3, -0.25) is 9.59 Å². The molecule has 0 fully saturated rings. The van der Waals surface area contributed by atoms with Crippen molar-refractivity contribution in [3.8, 4) is 0 Å². The highest BCUT2D eigenvalue weighted by Crippen LogP contribution is 2.14. The first-order chi connectivity index (χ1) is 8.54. The molecule has 0 aliphatic heterocycles. The van der Waals surface area contributed by atoms with Crippen LogP contribution in [0.25, 0.3) is 6.08 Å². The van der Waals surface area contributed by atoms with Crippen LogP contribution in [-0.2, 0) is 9.53 Å². The van der Waals surface area contributed by atoms with Crippen LogP contribution >= 0.6 is 0 Å². The number of carbonyl (C=O) groups is 2. The van der Waals surface area contributed by atoms with Gasteiger partial charge in [0.2, 0.25) is 0 Å². The van der Waals surface area contributed by atoms with E-state index in [9.17, 15) is 9.59 Å². The molecule has 0 unspecified atom stereocenters. The van der Waals surface area contributed by atoms with Crippen LogP contribution in [0.1, 0.15) is 41.8 Å². The molecule has 0 aliphatic rings. The van der Waals surface area contributed by atoms with E-state index in [-0.39, 0.29) is 18.2 Å². The maximum atomic E-state index is 11.3. The van der Waals surface area contributed by atoms with Crippen molar-refractivity contribution in [1.82, 2.24) is 0 Å². The van der Waals surface area contributed by atoms with Crippen molar-refractivity contribution in [2.45, 2.75) is 27.2 Å². The number of hydrogen-bond donors (Lipinski definition) is 0. The summed E-state index contributed by atoms with van der Waals surface area (Å²) in [6.07, 6.45) is 3.85. The highest BCUT2D eigenvalue weighted by molar-refractivity contribution is 5.94. The lowest BCUT2D eigenvalue weighted by atomic mass is 10.0. The van der Waals surface area contributed by atoms with E-state index in [0.717, 1.165) is 11.1 Å². The van der Waals surface area contributed by atoms with Gasteiger partial charge in [-0.25, -0.2) is 0 Å². The number of aryl methyl sites for hydroxylation is 1. The molecule has 0 aliphatic carbocycles. The Bertz CT molecular complexity index is 473. The highest BCUT2D eigenvalue weighted by atomic mass is 16.5. The van der Waals surface area contributed by atoms with E-state index in [1.54, 1.807) is 19.1 Å². The van der Waals surface area contributed by atoms with Crippen LogP contribution in [0.2, 0.25) is 0 Å². The van der Waals surface area contributed by atoms with Crippen molar-refractivity contribution in [2.75, 3.05) is 6.61 Å². The summed E-state index contributed by atoms with van der Waals surface area (Å²) >= 11 is 0. The van der Waals surface area contributed by atoms with Gasteiger partial charge in [0, 0.05) is 5.56 Å². The van der Waals surface area contributed by atoms with Gasteiger partial charge in [0.05, 0.1) is 13.0 Å². The molecule has 96 valence electrons. The molecule has 1 aromatic rings. The van der Waals surface area contributed by atoms with Crippen molar-refractivity contribution in [3.63, 3.8) is 0 Å². The normalized spacial score (nSPS) is 10.6. The Kier molecular flexibility index (Phi) is 5.31. The van der Waals surface area contributed by atoms with Gasteiger partial charge in [0.1, 0.15) is 0 Å². The lowest BCUT2D eigenvalue weighted by Crippen LogP contribution is -2.01. The van der Waals surface area contributed by atoms with Crippen LogP contribution in [0.3, 0.4) is 0 Å². The zero-order valence-corrected chi connectivity index (χ0v) is 11.0. The maximum absolute atomic E-state index is 11.3. The summed E-state index contributed by atoms with van der Waals surface area (Å²) in [5.74, 6) is -0.204. The van der Waals surface area contributed by atoms with Crippen molar-refractivity contribution >= 4 is 17.8 Å². The standard InChI is InChI=1S/C15H18O3/c1-4-18-15(17)7-5-6-13-10-14(12(3)16)9-8-11(13)2/h5-6,8-10H,4,7H2,1-3H3. The summed E-state index contributed by atoms with van der Waals surface area (Å²) in [4.78, 5) is 22.4. The second kappa shape index (κ2) is 6.74. The quantitative estimate of drug-likeness (QED) is 0.592. The number of hydrogen-bond acceptors (Lipinski definition) is 3. The van der Waals surface area contributed by atoms with E-state index in [4.69, 9.17) is 4.74 Å². The molecule has 0 heterocycles. The van der Waals surface area contributed by atoms with Crippen molar-refractivity contribution < 1.29 is 14.3 Å². The molecular weight excluding hydrogens is 228 g/mol. The van der Waals surface area contributed by atoms with Gasteiger partial charge in [-0.05, 0) is 38.0 Å². The minimum Gasteiger partial charge on any atom is -0.466 e. The molecule has 1 aromatic carbocycles. The molecule has 0 amide bonds. The summed E-state index contributed by atoms with van der Waals surface area (Å²) in [5, 5.41) is 0. The number of Topliss-reactive ketones (excluding diaryl/α,β-unsaturated/α-hetero) is 1. The van der Waals surface area contributed by atoms with Crippen LogP contribution in [0.5, 0.6) is 0 Å². The molecule has 0 radical (unpaired) electrons. The first-order valence-corrected chi connectivity index (χ1v) is 5.98. The Morgan fingerprint density at radius 3 is 2.67 bits per heavy atom. The van der Waals surface area contributed by atoms with Crippen LogP contribution < -0.4 is 0 Å². The Hall–Kier alpha value is -1.90. The van der Waals surface area contributed by atoms with E-state index >= 15 is 0 Å². The fraction of sp³-hybridized carbons (Fsp3) is 0.333. The van der Waals surface area contributed by atoms with Crippen LogP contribution in [0, 0.1) is 6.92 Å². The van der Waals surface area contributed by atoms with Crippen LogP contribution in [0.4, 0.5) is 0 Å². The van der Waals surface area contributed by atoms with Gasteiger partial charge in [-0.1, -0.05) is 24.3 Å². The average molecular weight is 246 g/mol. The fourth-order valence-electron chi connectivity index (χ4n) is 1.54. The zero-order chi connectivity index (χ0) is 13.5. The Labute approximate surface area is 107 Å². The van der Waals surface area contributed by atoms with Crippen molar-refractivity contribution in [3.05, 3.63) is 41.0 Å². The number of rotatable bonds is 5. The lowest BCUT2D eigenvalue weighted by molar-refractivity contribution is -0.142. The SMILES string of the molecule is CCOC(=O)CC=Cc1cc(C(C)=O)ccc1C. The fourth-order valence-corrected chi connectivity index (χ4v) is 1.54. The van der Waals surface area contributed by atoms with Gasteiger partial charge in [0.25, 0.3) is 0 Å². The summed E-state index contributed by atoms with van der Waals surface area (Å²) in [6.45, 7) is 5.68. The maximum Gasteiger partial charge on any atom is 0.309 e. The Balaban J connectivity index is 2.77. The summed E-state index contributed by atoms with van der Waals surface area (Å²) in [5.41, 5.74) is 2.70. The minimum absolute atomic E-state index is 0.0371. The topological polar surface area (TPSA) is 43.4 Å². The first-order valence-electron chi connectivity index (χ1n) is 5.98. The van der Waals surface area contributed by atoms with Gasteiger partial charge >= 0.3 is 5.97 Å². The predicted octanol–water partition coefficient (Wildman–Crippen LogP) is 3.16. The number of benzene rings is 1. The van der Waals surface area contributed by atoms with E-state index in [0.29, 0.717) is 12.2 Å². The van der Waals surface area contributed by atoms with Crippen LogP contribution in [-0.4, -0.2) is 18.4 Å². The molecule has 18 heavy (non-hydrogen) atoms.